The van der Waals surface area contributed by atoms with Gasteiger partial charge in [0.2, 0.25) is 0 Å². The van der Waals surface area contributed by atoms with E-state index >= 15 is 0 Å². The van der Waals surface area contributed by atoms with Crippen LogP contribution in [0.2, 0.25) is 0 Å². The number of amides is 1. The second-order valence-corrected chi connectivity index (χ2v) is 5.52. The number of H-pyrrole nitrogens is 1. The third kappa shape index (κ3) is 3.30. The highest BCUT2D eigenvalue weighted by Gasteiger charge is 2.13. The lowest BCUT2D eigenvalue weighted by Crippen LogP contribution is -2.31. The standard InChI is InChI=1S/C16H17N5O4/c1-2-20-9-18-13-12(20)14(22)19-15(23)21(13)8-11-5-3-10(4-6-11)7-17-16(24)25/h3-6,9,17H,2,7-8H2,1H3,(H,24,25)(H,19,22,23). The molecule has 3 N–H and O–H groups in total. The van der Waals surface area contributed by atoms with Gasteiger partial charge in [-0.05, 0) is 18.1 Å². The number of hydrogen-bond acceptors (Lipinski definition) is 4. The summed E-state index contributed by atoms with van der Waals surface area (Å²) in [5, 5.41) is 10.9. The van der Waals surface area contributed by atoms with Crippen LogP contribution < -0.4 is 16.6 Å². The monoisotopic (exact) mass is 343 g/mol. The quantitative estimate of drug-likeness (QED) is 0.630. The number of benzene rings is 1. The van der Waals surface area contributed by atoms with E-state index in [4.69, 9.17) is 5.11 Å². The van der Waals surface area contributed by atoms with Crippen LogP contribution in [0.25, 0.3) is 11.2 Å². The molecule has 2 aromatic heterocycles. The average Bonchev–Trinajstić information content (AvgIpc) is 3.02. The highest BCUT2D eigenvalue weighted by atomic mass is 16.4. The molecule has 0 aliphatic carbocycles. The predicted molar refractivity (Wildman–Crippen MR) is 90.7 cm³/mol. The molecule has 9 nitrogen and oxygen atoms in total. The number of fused-ring (bicyclic) bond motifs is 1. The SMILES string of the molecule is CCn1cnc2c1c(=O)[nH]c(=O)n2Cc1ccc(CNC(=O)O)cc1. The minimum absolute atomic E-state index is 0.208. The van der Waals surface area contributed by atoms with Crippen molar-refractivity contribution >= 4 is 17.3 Å². The second-order valence-electron chi connectivity index (χ2n) is 5.52. The van der Waals surface area contributed by atoms with Crippen molar-refractivity contribution in [3.63, 3.8) is 0 Å². The van der Waals surface area contributed by atoms with Gasteiger partial charge in [0.1, 0.15) is 0 Å². The largest absolute Gasteiger partial charge is 0.465 e. The van der Waals surface area contributed by atoms with Gasteiger partial charge in [-0.1, -0.05) is 24.3 Å². The first-order valence-corrected chi connectivity index (χ1v) is 7.72. The summed E-state index contributed by atoms with van der Waals surface area (Å²) in [6.07, 6.45) is 0.453. The molecule has 0 bridgehead atoms. The highest BCUT2D eigenvalue weighted by molar-refractivity contribution is 5.70. The van der Waals surface area contributed by atoms with Crippen LogP contribution in [-0.4, -0.2) is 30.3 Å². The van der Waals surface area contributed by atoms with Gasteiger partial charge < -0.3 is 15.0 Å². The molecule has 25 heavy (non-hydrogen) atoms. The van der Waals surface area contributed by atoms with Crippen molar-refractivity contribution in [3.05, 3.63) is 62.6 Å². The van der Waals surface area contributed by atoms with Crippen molar-refractivity contribution in [1.82, 2.24) is 24.4 Å². The minimum atomic E-state index is -1.09. The summed E-state index contributed by atoms with van der Waals surface area (Å²) in [7, 11) is 0. The third-order valence-corrected chi connectivity index (χ3v) is 3.90. The van der Waals surface area contributed by atoms with Crippen molar-refractivity contribution in [2.75, 3.05) is 0 Å². The molecule has 3 aromatic rings. The number of aryl methyl sites for hydroxylation is 1. The Hall–Kier alpha value is -3.36. The van der Waals surface area contributed by atoms with Gasteiger partial charge in [0, 0.05) is 13.1 Å². The highest BCUT2D eigenvalue weighted by Crippen LogP contribution is 2.10. The van der Waals surface area contributed by atoms with Gasteiger partial charge in [-0.2, -0.15) is 0 Å². The Balaban J connectivity index is 1.93. The number of imidazole rings is 1. The lowest BCUT2D eigenvalue weighted by Gasteiger charge is -2.08. The van der Waals surface area contributed by atoms with Crippen LogP contribution in [0.5, 0.6) is 0 Å². The molecule has 1 aromatic carbocycles. The zero-order valence-electron chi connectivity index (χ0n) is 13.5. The molecule has 1 amide bonds. The van der Waals surface area contributed by atoms with Crippen LogP contribution in [0.1, 0.15) is 18.1 Å². The molecule has 0 aliphatic heterocycles. The van der Waals surface area contributed by atoms with E-state index < -0.39 is 17.3 Å². The Morgan fingerprint density at radius 1 is 1.24 bits per heavy atom. The van der Waals surface area contributed by atoms with E-state index in [1.807, 2.05) is 6.92 Å². The minimum Gasteiger partial charge on any atom is -0.465 e. The van der Waals surface area contributed by atoms with Gasteiger partial charge in [0.05, 0.1) is 12.9 Å². The number of hydrogen-bond donors (Lipinski definition) is 3. The summed E-state index contributed by atoms with van der Waals surface area (Å²) < 4.78 is 3.10. The third-order valence-electron chi connectivity index (χ3n) is 3.90. The summed E-state index contributed by atoms with van der Waals surface area (Å²) in [6, 6.07) is 7.17. The fourth-order valence-corrected chi connectivity index (χ4v) is 2.63. The molecule has 0 radical (unpaired) electrons. The number of aromatic amines is 1. The maximum atomic E-state index is 12.2. The number of rotatable bonds is 5. The number of nitrogens with one attached hydrogen (secondary N) is 2. The molecular weight excluding hydrogens is 326 g/mol. The lowest BCUT2D eigenvalue weighted by atomic mass is 10.1. The molecular formula is C16H17N5O4. The first kappa shape index (κ1) is 16.5. The summed E-state index contributed by atoms with van der Waals surface area (Å²) in [4.78, 5) is 41.3. The maximum Gasteiger partial charge on any atom is 0.404 e. The van der Waals surface area contributed by atoms with Gasteiger partial charge >= 0.3 is 11.8 Å². The molecule has 0 saturated heterocycles. The van der Waals surface area contributed by atoms with Crippen molar-refractivity contribution in [2.45, 2.75) is 26.6 Å². The van der Waals surface area contributed by atoms with Gasteiger partial charge in [0.25, 0.3) is 5.56 Å². The molecule has 9 heteroatoms. The van der Waals surface area contributed by atoms with E-state index in [2.05, 4.69) is 15.3 Å². The van der Waals surface area contributed by atoms with E-state index in [0.717, 1.165) is 11.1 Å². The van der Waals surface area contributed by atoms with E-state index in [1.165, 1.54) is 10.9 Å². The zero-order chi connectivity index (χ0) is 18.0. The molecule has 130 valence electrons. The van der Waals surface area contributed by atoms with E-state index in [-0.39, 0.29) is 13.1 Å². The van der Waals surface area contributed by atoms with Crippen LogP contribution in [0.15, 0.2) is 40.2 Å². The average molecular weight is 343 g/mol. The van der Waals surface area contributed by atoms with Crippen molar-refractivity contribution in [1.29, 1.82) is 0 Å². The molecule has 0 spiro atoms. The van der Waals surface area contributed by atoms with E-state index in [9.17, 15) is 14.4 Å². The fraction of sp³-hybridized carbons (Fsp3) is 0.250. The Morgan fingerprint density at radius 3 is 2.56 bits per heavy atom. The Kier molecular flexibility index (Phi) is 4.38. The molecule has 0 atom stereocenters. The van der Waals surface area contributed by atoms with Crippen molar-refractivity contribution < 1.29 is 9.90 Å². The fourth-order valence-electron chi connectivity index (χ4n) is 2.63. The Morgan fingerprint density at radius 2 is 1.92 bits per heavy atom. The topological polar surface area (TPSA) is 122 Å². The molecule has 0 unspecified atom stereocenters. The normalized spacial score (nSPS) is 10.9. The van der Waals surface area contributed by atoms with Gasteiger partial charge in [-0.15, -0.1) is 0 Å². The Labute approximate surface area is 141 Å². The summed E-state index contributed by atoms with van der Waals surface area (Å²) in [5.74, 6) is 0. The first-order chi connectivity index (χ1) is 12.0. The second kappa shape index (κ2) is 6.63. The van der Waals surface area contributed by atoms with Gasteiger partial charge in [-0.3, -0.25) is 14.3 Å². The van der Waals surface area contributed by atoms with Crippen molar-refractivity contribution in [3.8, 4) is 0 Å². The van der Waals surface area contributed by atoms with E-state index in [0.29, 0.717) is 17.7 Å². The number of carbonyl (C=O) groups is 1. The molecule has 0 fully saturated rings. The lowest BCUT2D eigenvalue weighted by molar-refractivity contribution is 0.194. The van der Waals surface area contributed by atoms with Crippen LogP contribution >= 0.6 is 0 Å². The van der Waals surface area contributed by atoms with E-state index in [1.54, 1.807) is 28.8 Å². The van der Waals surface area contributed by atoms with Crippen LogP contribution in [0.4, 0.5) is 4.79 Å². The van der Waals surface area contributed by atoms with Gasteiger partial charge in [-0.25, -0.2) is 14.6 Å². The van der Waals surface area contributed by atoms with Crippen molar-refractivity contribution in [2.24, 2.45) is 0 Å². The maximum absolute atomic E-state index is 12.2. The molecule has 2 heterocycles. The van der Waals surface area contributed by atoms with Gasteiger partial charge in [0.15, 0.2) is 11.2 Å². The van der Waals surface area contributed by atoms with Crippen LogP contribution in [-0.2, 0) is 19.6 Å². The molecule has 0 saturated carbocycles. The number of carboxylic acid groups (broad SMARTS) is 1. The van der Waals surface area contributed by atoms with Crippen LogP contribution in [0.3, 0.4) is 0 Å². The molecule has 3 rings (SSSR count). The summed E-state index contributed by atoms with van der Waals surface area (Å²) in [6.45, 7) is 2.92. The summed E-state index contributed by atoms with van der Waals surface area (Å²) >= 11 is 0. The predicted octanol–water partition coefficient (Wildman–Crippen LogP) is 0.722. The summed E-state index contributed by atoms with van der Waals surface area (Å²) in [5.41, 5.74) is 1.37. The number of aromatic nitrogens is 4. The Bertz CT molecular complexity index is 1030. The zero-order valence-corrected chi connectivity index (χ0v) is 13.5. The van der Waals surface area contributed by atoms with Crippen LogP contribution in [0, 0.1) is 0 Å². The smallest absolute Gasteiger partial charge is 0.404 e. The number of nitrogens with zero attached hydrogens (tertiary/aromatic N) is 3. The first-order valence-electron chi connectivity index (χ1n) is 7.72. The molecule has 0 aliphatic rings.